The summed E-state index contributed by atoms with van der Waals surface area (Å²) in [7, 11) is 2.01. The zero-order valence-electron chi connectivity index (χ0n) is 10.3. The minimum Gasteiger partial charge on any atom is -0.377 e. The summed E-state index contributed by atoms with van der Waals surface area (Å²) in [6, 6.07) is 2.16. The van der Waals surface area contributed by atoms with Crippen molar-refractivity contribution in [2.45, 2.75) is 32.9 Å². The van der Waals surface area contributed by atoms with Crippen LogP contribution >= 0.6 is 0 Å². The van der Waals surface area contributed by atoms with Gasteiger partial charge in [0.25, 0.3) is 0 Å². The average Bonchev–Trinajstić information content (AvgIpc) is 2.16. The van der Waals surface area contributed by atoms with Crippen molar-refractivity contribution >= 4 is 0 Å². The van der Waals surface area contributed by atoms with Gasteiger partial charge in [-0.25, -0.2) is 0 Å². The lowest BCUT2D eigenvalue weighted by molar-refractivity contribution is 0.0632. The molecule has 0 radical (unpaired) electrons. The first-order valence-electron chi connectivity index (χ1n) is 5.53. The molecule has 4 nitrogen and oxygen atoms in total. The van der Waals surface area contributed by atoms with Gasteiger partial charge in [0.05, 0.1) is 18.8 Å². The van der Waals surface area contributed by atoms with Crippen molar-refractivity contribution in [1.29, 1.82) is 5.26 Å². The fraction of sp³-hybridized carbons (Fsp3) is 0.909. The standard InChI is InChI=1S/C11H23N3O/c1-5-13-11(8-12)9-14(4)6-7-15-10(2)3/h10-11,13H,5-7,9H2,1-4H3. The van der Waals surface area contributed by atoms with Crippen molar-refractivity contribution in [2.24, 2.45) is 0 Å². The van der Waals surface area contributed by atoms with E-state index in [0.717, 1.165) is 26.2 Å². The minimum absolute atomic E-state index is 0.0842. The van der Waals surface area contributed by atoms with E-state index in [9.17, 15) is 0 Å². The summed E-state index contributed by atoms with van der Waals surface area (Å²) in [6.07, 6.45) is 0.277. The van der Waals surface area contributed by atoms with Crippen LogP contribution in [0.4, 0.5) is 0 Å². The molecule has 0 aromatic heterocycles. The quantitative estimate of drug-likeness (QED) is 0.649. The molecule has 0 aromatic rings. The molecule has 0 aliphatic heterocycles. The highest BCUT2D eigenvalue weighted by molar-refractivity contribution is 4.91. The fourth-order valence-electron chi connectivity index (χ4n) is 1.24. The van der Waals surface area contributed by atoms with Crippen molar-refractivity contribution < 1.29 is 4.74 Å². The van der Waals surface area contributed by atoms with Gasteiger partial charge < -0.3 is 15.0 Å². The molecule has 1 N–H and O–H groups in total. The number of ether oxygens (including phenoxy) is 1. The van der Waals surface area contributed by atoms with Crippen molar-refractivity contribution in [1.82, 2.24) is 10.2 Å². The van der Waals surface area contributed by atoms with Crippen LogP contribution in [0, 0.1) is 11.3 Å². The van der Waals surface area contributed by atoms with Crippen LogP contribution in [-0.2, 0) is 4.74 Å². The number of hydrogen-bond donors (Lipinski definition) is 1. The molecule has 0 heterocycles. The molecule has 4 heteroatoms. The molecule has 88 valence electrons. The third-order valence-corrected chi connectivity index (χ3v) is 2.02. The van der Waals surface area contributed by atoms with Gasteiger partial charge in [0.2, 0.25) is 0 Å². The van der Waals surface area contributed by atoms with Crippen molar-refractivity contribution in [3.8, 4) is 6.07 Å². The van der Waals surface area contributed by atoms with Crippen LogP contribution in [0.2, 0.25) is 0 Å². The minimum atomic E-state index is -0.0842. The third kappa shape index (κ3) is 8.37. The fourth-order valence-corrected chi connectivity index (χ4v) is 1.24. The molecule has 0 saturated heterocycles. The summed E-state index contributed by atoms with van der Waals surface area (Å²) < 4.78 is 5.44. The smallest absolute Gasteiger partial charge is 0.108 e. The van der Waals surface area contributed by atoms with Crippen molar-refractivity contribution in [2.75, 3.05) is 33.3 Å². The highest BCUT2D eigenvalue weighted by Crippen LogP contribution is 1.91. The van der Waals surface area contributed by atoms with Gasteiger partial charge in [0.1, 0.15) is 6.04 Å². The molecule has 0 bridgehead atoms. The van der Waals surface area contributed by atoms with Crippen LogP contribution in [0.1, 0.15) is 20.8 Å². The molecule has 1 unspecified atom stereocenters. The molecule has 15 heavy (non-hydrogen) atoms. The van der Waals surface area contributed by atoms with E-state index in [1.165, 1.54) is 0 Å². The van der Waals surface area contributed by atoms with Gasteiger partial charge in [-0.3, -0.25) is 0 Å². The van der Waals surface area contributed by atoms with E-state index in [2.05, 4.69) is 16.3 Å². The summed E-state index contributed by atoms with van der Waals surface area (Å²) in [5.41, 5.74) is 0. The van der Waals surface area contributed by atoms with Gasteiger partial charge in [-0.05, 0) is 27.4 Å². The molecule has 1 atom stereocenters. The van der Waals surface area contributed by atoms with Crippen molar-refractivity contribution in [3.05, 3.63) is 0 Å². The van der Waals surface area contributed by atoms with E-state index in [4.69, 9.17) is 10.00 Å². The van der Waals surface area contributed by atoms with Gasteiger partial charge >= 0.3 is 0 Å². The lowest BCUT2D eigenvalue weighted by Crippen LogP contribution is -2.39. The Hall–Kier alpha value is -0.630. The maximum absolute atomic E-state index is 8.85. The number of rotatable bonds is 8. The Kier molecular flexibility index (Phi) is 8.30. The van der Waals surface area contributed by atoms with E-state index in [1.54, 1.807) is 0 Å². The van der Waals surface area contributed by atoms with Gasteiger partial charge in [0, 0.05) is 13.1 Å². The molecular weight excluding hydrogens is 190 g/mol. The largest absolute Gasteiger partial charge is 0.377 e. The third-order valence-electron chi connectivity index (χ3n) is 2.02. The zero-order valence-corrected chi connectivity index (χ0v) is 10.3. The molecule has 0 saturated carbocycles. The number of hydrogen-bond acceptors (Lipinski definition) is 4. The number of nitrogens with zero attached hydrogens (tertiary/aromatic N) is 2. The molecule has 0 amide bonds. The van der Waals surface area contributed by atoms with E-state index >= 15 is 0 Å². The summed E-state index contributed by atoms with van der Waals surface area (Å²) >= 11 is 0. The molecule has 0 spiro atoms. The lowest BCUT2D eigenvalue weighted by Gasteiger charge is -2.20. The van der Waals surface area contributed by atoms with Gasteiger partial charge in [0.15, 0.2) is 0 Å². The average molecular weight is 213 g/mol. The molecule has 0 aliphatic rings. The number of nitriles is 1. The molecule has 0 rings (SSSR count). The Morgan fingerprint density at radius 2 is 2.13 bits per heavy atom. The second kappa shape index (κ2) is 8.66. The predicted molar refractivity (Wildman–Crippen MR) is 61.7 cm³/mol. The Bertz CT molecular complexity index is 189. The second-order valence-electron chi connectivity index (χ2n) is 3.92. The summed E-state index contributed by atoms with van der Waals surface area (Å²) in [6.45, 7) is 9.21. The monoisotopic (exact) mass is 213 g/mol. The molecular formula is C11H23N3O. The Labute approximate surface area is 93.2 Å². The zero-order chi connectivity index (χ0) is 11.7. The van der Waals surface area contributed by atoms with E-state index in [1.807, 2.05) is 27.8 Å². The maximum Gasteiger partial charge on any atom is 0.108 e. The summed E-state index contributed by atoms with van der Waals surface area (Å²) in [5, 5.41) is 12.0. The molecule has 0 aromatic carbocycles. The maximum atomic E-state index is 8.85. The molecule has 0 fully saturated rings. The van der Waals surface area contributed by atoms with Crippen LogP contribution in [-0.4, -0.2) is 50.3 Å². The van der Waals surface area contributed by atoms with E-state index in [-0.39, 0.29) is 12.1 Å². The van der Waals surface area contributed by atoms with Gasteiger partial charge in [-0.1, -0.05) is 6.92 Å². The normalized spacial score (nSPS) is 13.1. The Morgan fingerprint density at radius 1 is 1.47 bits per heavy atom. The first-order valence-corrected chi connectivity index (χ1v) is 5.53. The van der Waals surface area contributed by atoms with Gasteiger partial charge in [-0.2, -0.15) is 5.26 Å². The second-order valence-corrected chi connectivity index (χ2v) is 3.92. The van der Waals surface area contributed by atoms with E-state index in [0.29, 0.717) is 0 Å². The highest BCUT2D eigenvalue weighted by Gasteiger charge is 2.08. The predicted octanol–water partition coefficient (Wildman–Crippen LogP) is 0.845. The van der Waals surface area contributed by atoms with Crippen LogP contribution < -0.4 is 5.32 Å². The number of likely N-dealkylation sites (N-methyl/N-ethyl adjacent to an activating group) is 2. The highest BCUT2D eigenvalue weighted by atomic mass is 16.5. The van der Waals surface area contributed by atoms with Gasteiger partial charge in [-0.15, -0.1) is 0 Å². The SMILES string of the molecule is CCNC(C#N)CN(C)CCOC(C)C. The van der Waals surface area contributed by atoms with E-state index < -0.39 is 0 Å². The number of nitrogens with one attached hydrogen (secondary N) is 1. The van der Waals surface area contributed by atoms with Crippen LogP contribution in [0.15, 0.2) is 0 Å². The topological polar surface area (TPSA) is 48.3 Å². The van der Waals surface area contributed by atoms with Crippen LogP contribution in [0.3, 0.4) is 0 Å². The summed E-state index contributed by atoms with van der Waals surface area (Å²) in [5.74, 6) is 0. The molecule has 0 aliphatic carbocycles. The first kappa shape index (κ1) is 14.4. The van der Waals surface area contributed by atoms with Crippen LogP contribution in [0.25, 0.3) is 0 Å². The Morgan fingerprint density at radius 3 is 2.60 bits per heavy atom. The van der Waals surface area contributed by atoms with Crippen molar-refractivity contribution in [3.63, 3.8) is 0 Å². The lowest BCUT2D eigenvalue weighted by atomic mass is 10.3. The van der Waals surface area contributed by atoms with Crippen LogP contribution in [0.5, 0.6) is 0 Å². The summed E-state index contributed by atoms with van der Waals surface area (Å²) in [4.78, 5) is 2.11. The Balaban J connectivity index is 3.62. The first-order chi connectivity index (χ1) is 7.10.